The van der Waals surface area contributed by atoms with E-state index in [-0.39, 0.29) is 18.1 Å². The molecule has 0 saturated carbocycles. The highest BCUT2D eigenvalue weighted by Gasteiger charge is 2.03. The number of benzene rings is 1. The lowest BCUT2D eigenvalue weighted by Crippen LogP contribution is -2.19. The summed E-state index contributed by atoms with van der Waals surface area (Å²) in [5.74, 6) is -0.469. The van der Waals surface area contributed by atoms with Crippen LogP contribution in [0.2, 0.25) is 0 Å². The molecule has 0 heterocycles. The number of carbonyl (C=O) groups is 1. The molecule has 1 rings (SSSR count). The summed E-state index contributed by atoms with van der Waals surface area (Å²) in [6, 6.07) is 4.65. The molecule has 2 nitrogen and oxygen atoms in total. The average Bonchev–Trinajstić information content (AvgIpc) is 2.11. The van der Waals surface area contributed by atoms with Gasteiger partial charge >= 0.3 is 0 Å². The van der Waals surface area contributed by atoms with Crippen molar-refractivity contribution in [3.63, 3.8) is 0 Å². The summed E-state index contributed by atoms with van der Waals surface area (Å²) in [4.78, 5) is 10.9. The van der Waals surface area contributed by atoms with Crippen LogP contribution in [0.15, 0.2) is 22.7 Å². The molecule has 0 fully saturated rings. The molecule has 0 unspecified atom stereocenters. The van der Waals surface area contributed by atoms with E-state index in [1.807, 2.05) is 0 Å². The Balaban J connectivity index is 2.79. The standard InChI is InChI=1S/C9H9BrFNO/c1-12-9(13)5-6-2-3-7(10)8(11)4-6/h2-4H,5H2,1H3,(H,12,13). The lowest BCUT2D eigenvalue weighted by atomic mass is 10.1. The lowest BCUT2D eigenvalue weighted by Gasteiger charge is -2.01. The van der Waals surface area contributed by atoms with Gasteiger partial charge in [-0.05, 0) is 33.6 Å². The molecule has 0 bridgehead atoms. The Labute approximate surface area is 84.3 Å². The lowest BCUT2D eigenvalue weighted by molar-refractivity contribution is -0.119. The zero-order chi connectivity index (χ0) is 9.84. The van der Waals surface area contributed by atoms with Crippen LogP contribution in [0.25, 0.3) is 0 Å². The summed E-state index contributed by atoms with van der Waals surface area (Å²) in [5.41, 5.74) is 0.667. The molecule has 0 radical (unpaired) electrons. The van der Waals surface area contributed by atoms with Gasteiger partial charge in [0.15, 0.2) is 0 Å². The van der Waals surface area contributed by atoms with E-state index in [0.29, 0.717) is 10.0 Å². The van der Waals surface area contributed by atoms with E-state index in [2.05, 4.69) is 21.2 Å². The number of rotatable bonds is 2. The van der Waals surface area contributed by atoms with Gasteiger partial charge in [0.2, 0.25) is 5.91 Å². The third-order valence-corrected chi connectivity index (χ3v) is 2.27. The van der Waals surface area contributed by atoms with Crippen molar-refractivity contribution in [3.05, 3.63) is 34.1 Å². The number of halogens is 2. The molecule has 70 valence electrons. The Morgan fingerprint density at radius 1 is 1.62 bits per heavy atom. The first-order valence-electron chi connectivity index (χ1n) is 3.78. The zero-order valence-corrected chi connectivity index (χ0v) is 8.69. The van der Waals surface area contributed by atoms with E-state index in [0.717, 1.165) is 0 Å². The van der Waals surface area contributed by atoms with Gasteiger partial charge in [-0.2, -0.15) is 0 Å². The van der Waals surface area contributed by atoms with Gasteiger partial charge in [-0.25, -0.2) is 4.39 Å². The maximum absolute atomic E-state index is 13.0. The van der Waals surface area contributed by atoms with Gasteiger partial charge in [0.05, 0.1) is 10.9 Å². The number of hydrogen-bond acceptors (Lipinski definition) is 1. The first-order chi connectivity index (χ1) is 6.13. The van der Waals surface area contributed by atoms with Crippen molar-refractivity contribution in [2.75, 3.05) is 7.05 Å². The molecule has 0 aromatic heterocycles. The van der Waals surface area contributed by atoms with Crippen LogP contribution in [-0.4, -0.2) is 13.0 Å². The van der Waals surface area contributed by atoms with Gasteiger partial charge in [-0.15, -0.1) is 0 Å². The topological polar surface area (TPSA) is 29.1 Å². The maximum atomic E-state index is 13.0. The van der Waals surface area contributed by atoms with Crippen LogP contribution >= 0.6 is 15.9 Å². The molecule has 1 aromatic rings. The summed E-state index contributed by atoms with van der Waals surface area (Å²) in [5, 5.41) is 2.47. The third-order valence-electron chi connectivity index (χ3n) is 1.63. The molecule has 0 aliphatic heterocycles. The minimum absolute atomic E-state index is 0.123. The number of hydrogen-bond donors (Lipinski definition) is 1. The molecule has 1 aromatic carbocycles. The van der Waals surface area contributed by atoms with E-state index in [1.165, 1.54) is 6.07 Å². The van der Waals surface area contributed by atoms with Crippen LogP contribution in [-0.2, 0) is 11.2 Å². The monoisotopic (exact) mass is 245 g/mol. The van der Waals surface area contributed by atoms with Crippen LogP contribution < -0.4 is 5.32 Å². The molecule has 1 amide bonds. The molecule has 0 aliphatic carbocycles. The Morgan fingerprint density at radius 2 is 2.31 bits per heavy atom. The van der Waals surface area contributed by atoms with Crippen molar-refractivity contribution in [3.8, 4) is 0 Å². The second kappa shape index (κ2) is 4.37. The maximum Gasteiger partial charge on any atom is 0.224 e. The molecular formula is C9H9BrFNO. The second-order valence-corrected chi connectivity index (χ2v) is 3.45. The van der Waals surface area contributed by atoms with Gasteiger partial charge in [0, 0.05) is 7.05 Å². The summed E-state index contributed by atoms with van der Waals surface area (Å²) in [6.07, 6.45) is 0.209. The summed E-state index contributed by atoms with van der Waals surface area (Å²) >= 11 is 3.04. The van der Waals surface area contributed by atoms with E-state index in [1.54, 1.807) is 19.2 Å². The van der Waals surface area contributed by atoms with Crippen LogP contribution in [0.3, 0.4) is 0 Å². The normalized spacial score (nSPS) is 9.77. The molecular weight excluding hydrogens is 237 g/mol. The highest BCUT2D eigenvalue weighted by Crippen LogP contribution is 2.16. The van der Waals surface area contributed by atoms with Gasteiger partial charge in [-0.3, -0.25) is 4.79 Å². The van der Waals surface area contributed by atoms with Crippen LogP contribution in [0, 0.1) is 5.82 Å². The molecule has 4 heteroatoms. The number of amides is 1. The van der Waals surface area contributed by atoms with E-state index >= 15 is 0 Å². The third kappa shape index (κ3) is 2.81. The molecule has 0 saturated heterocycles. The second-order valence-electron chi connectivity index (χ2n) is 2.60. The Morgan fingerprint density at radius 3 is 2.85 bits per heavy atom. The highest BCUT2D eigenvalue weighted by atomic mass is 79.9. The smallest absolute Gasteiger partial charge is 0.224 e. The van der Waals surface area contributed by atoms with Crippen molar-refractivity contribution < 1.29 is 9.18 Å². The number of likely N-dealkylation sites (N-methyl/N-ethyl adjacent to an activating group) is 1. The number of carbonyl (C=O) groups excluding carboxylic acids is 1. The Kier molecular flexibility index (Phi) is 3.42. The molecule has 1 N–H and O–H groups in total. The largest absolute Gasteiger partial charge is 0.359 e. The van der Waals surface area contributed by atoms with Crippen LogP contribution in [0.4, 0.5) is 4.39 Å². The van der Waals surface area contributed by atoms with E-state index < -0.39 is 0 Å². The fourth-order valence-corrected chi connectivity index (χ4v) is 1.17. The molecule has 13 heavy (non-hydrogen) atoms. The quantitative estimate of drug-likeness (QED) is 0.848. The average molecular weight is 246 g/mol. The fourth-order valence-electron chi connectivity index (χ4n) is 0.923. The van der Waals surface area contributed by atoms with Crippen LogP contribution in [0.5, 0.6) is 0 Å². The summed E-state index contributed by atoms with van der Waals surface area (Å²) < 4.78 is 13.4. The predicted octanol–water partition coefficient (Wildman–Crippen LogP) is 1.88. The summed E-state index contributed by atoms with van der Waals surface area (Å²) in [7, 11) is 1.55. The molecule has 0 atom stereocenters. The Hall–Kier alpha value is -0.900. The summed E-state index contributed by atoms with van der Waals surface area (Å²) in [6.45, 7) is 0. The predicted molar refractivity (Wildman–Crippen MR) is 51.9 cm³/mol. The first-order valence-corrected chi connectivity index (χ1v) is 4.57. The Bertz CT molecular complexity index is 327. The SMILES string of the molecule is CNC(=O)Cc1ccc(Br)c(F)c1. The van der Waals surface area contributed by atoms with Crippen molar-refractivity contribution >= 4 is 21.8 Å². The van der Waals surface area contributed by atoms with Crippen molar-refractivity contribution in [2.24, 2.45) is 0 Å². The van der Waals surface area contributed by atoms with Gasteiger partial charge < -0.3 is 5.32 Å². The fraction of sp³-hybridized carbons (Fsp3) is 0.222. The van der Waals surface area contributed by atoms with Gasteiger partial charge in [-0.1, -0.05) is 6.07 Å². The number of nitrogens with one attached hydrogen (secondary N) is 1. The minimum Gasteiger partial charge on any atom is -0.359 e. The molecule has 0 spiro atoms. The first kappa shape index (κ1) is 10.2. The minimum atomic E-state index is -0.346. The molecule has 0 aliphatic rings. The van der Waals surface area contributed by atoms with Crippen molar-refractivity contribution in [1.82, 2.24) is 5.32 Å². The van der Waals surface area contributed by atoms with E-state index in [9.17, 15) is 9.18 Å². The van der Waals surface area contributed by atoms with Crippen LogP contribution in [0.1, 0.15) is 5.56 Å². The zero-order valence-electron chi connectivity index (χ0n) is 7.10. The van der Waals surface area contributed by atoms with Crippen molar-refractivity contribution in [1.29, 1.82) is 0 Å². The highest BCUT2D eigenvalue weighted by molar-refractivity contribution is 9.10. The van der Waals surface area contributed by atoms with Gasteiger partial charge in [0.1, 0.15) is 5.82 Å². The van der Waals surface area contributed by atoms with E-state index in [4.69, 9.17) is 0 Å². The van der Waals surface area contributed by atoms with Gasteiger partial charge in [0.25, 0.3) is 0 Å². The van der Waals surface area contributed by atoms with Crippen molar-refractivity contribution in [2.45, 2.75) is 6.42 Å².